The lowest BCUT2D eigenvalue weighted by atomic mass is 9.74. The number of carbonyl (C=O) groups excluding carboxylic acids is 2. The van der Waals surface area contributed by atoms with Crippen molar-refractivity contribution in [2.24, 2.45) is 0 Å². The Morgan fingerprint density at radius 1 is 1.07 bits per heavy atom. The Balaban J connectivity index is 1.61. The molecule has 1 aliphatic carbocycles. The molecule has 0 spiro atoms. The van der Waals surface area contributed by atoms with Gasteiger partial charge in [0, 0.05) is 48.0 Å². The van der Waals surface area contributed by atoms with Crippen LogP contribution in [0.15, 0.2) is 40.7 Å². The van der Waals surface area contributed by atoms with Gasteiger partial charge < -0.3 is 19.7 Å². The Kier molecular flexibility index (Phi) is 4.57. The van der Waals surface area contributed by atoms with Crippen LogP contribution >= 0.6 is 0 Å². The number of piperidine rings is 1. The fourth-order valence-corrected chi connectivity index (χ4v) is 4.96. The minimum atomic E-state index is -0.358. The van der Waals surface area contributed by atoms with E-state index in [1.165, 1.54) is 6.42 Å². The molecule has 152 valence electrons. The summed E-state index contributed by atoms with van der Waals surface area (Å²) >= 11 is 0. The number of likely N-dealkylation sites (tertiary alicyclic amines) is 1. The third kappa shape index (κ3) is 3.11. The van der Waals surface area contributed by atoms with Gasteiger partial charge in [-0.25, -0.2) is 0 Å². The van der Waals surface area contributed by atoms with E-state index in [4.69, 9.17) is 9.47 Å². The van der Waals surface area contributed by atoms with Crippen LogP contribution in [-0.4, -0.2) is 36.5 Å². The van der Waals surface area contributed by atoms with Gasteiger partial charge >= 0.3 is 0 Å². The molecule has 1 aromatic carbocycles. The second-order valence-electron chi connectivity index (χ2n) is 8.23. The van der Waals surface area contributed by atoms with Crippen LogP contribution in [0.3, 0.4) is 0 Å². The van der Waals surface area contributed by atoms with Crippen molar-refractivity contribution < 1.29 is 19.1 Å². The van der Waals surface area contributed by atoms with Crippen LogP contribution in [0, 0.1) is 0 Å². The number of rotatable bonds is 2. The van der Waals surface area contributed by atoms with Gasteiger partial charge in [-0.15, -0.1) is 0 Å². The predicted octanol–water partition coefficient (Wildman–Crippen LogP) is 3.40. The molecule has 0 radical (unpaired) electrons. The van der Waals surface area contributed by atoms with Crippen LogP contribution in [0.5, 0.6) is 11.5 Å². The number of hydrogen-bond donors (Lipinski definition) is 1. The Morgan fingerprint density at radius 2 is 1.86 bits per heavy atom. The average Bonchev–Trinajstić information content (AvgIpc) is 3.21. The zero-order valence-electron chi connectivity index (χ0n) is 16.8. The molecule has 1 fully saturated rings. The van der Waals surface area contributed by atoms with E-state index in [0.29, 0.717) is 23.5 Å². The summed E-state index contributed by atoms with van der Waals surface area (Å²) in [5.41, 5.74) is 4.19. The van der Waals surface area contributed by atoms with E-state index in [1.54, 1.807) is 0 Å². The van der Waals surface area contributed by atoms with Crippen molar-refractivity contribution in [1.82, 2.24) is 10.2 Å². The lowest BCUT2D eigenvalue weighted by Gasteiger charge is -2.37. The number of nitrogens with one attached hydrogen (secondary N) is 1. The number of fused-ring (bicyclic) bond motifs is 1. The fourth-order valence-electron chi connectivity index (χ4n) is 4.96. The predicted molar refractivity (Wildman–Crippen MR) is 107 cm³/mol. The average molecular weight is 394 g/mol. The third-order valence-electron chi connectivity index (χ3n) is 6.38. The first kappa shape index (κ1) is 18.3. The normalized spacial score (nSPS) is 23.8. The van der Waals surface area contributed by atoms with Crippen LogP contribution < -0.4 is 14.8 Å². The van der Waals surface area contributed by atoms with Gasteiger partial charge in [0.2, 0.25) is 6.79 Å². The summed E-state index contributed by atoms with van der Waals surface area (Å²) in [5, 5.41) is 3.41. The minimum Gasteiger partial charge on any atom is -0.454 e. The van der Waals surface area contributed by atoms with E-state index in [2.05, 4.69) is 5.32 Å². The van der Waals surface area contributed by atoms with E-state index in [-0.39, 0.29) is 24.4 Å². The van der Waals surface area contributed by atoms with Crippen LogP contribution in [0.4, 0.5) is 0 Å². The number of ether oxygens (including phenoxy) is 2. The number of carbonyl (C=O) groups is 2. The van der Waals surface area contributed by atoms with E-state index >= 15 is 0 Å². The highest BCUT2D eigenvalue weighted by molar-refractivity contribution is 6.05. The van der Waals surface area contributed by atoms with Crippen LogP contribution in [-0.2, 0) is 9.59 Å². The number of allylic oxidation sites excluding steroid dienone is 3. The summed E-state index contributed by atoms with van der Waals surface area (Å²) in [4.78, 5) is 28.5. The molecule has 3 heterocycles. The Hall–Kier alpha value is -2.76. The first-order valence-electron chi connectivity index (χ1n) is 10.6. The second-order valence-corrected chi connectivity index (χ2v) is 8.23. The van der Waals surface area contributed by atoms with E-state index in [1.807, 2.05) is 30.0 Å². The SMILES string of the molecule is CC1=C(C(=O)N2CCCCC2)[C@H](c2ccc3c(c2)OCO3)C2=C(CCCC2=O)N1. The zero-order chi connectivity index (χ0) is 20.0. The van der Waals surface area contributed by atoms with Crippen molar-refractivity contribution >= 4 is 11.7 Å². The van der Waals surface area contributed by atoms with Gasteiger partial charge in [-0.2, -0.15) is 0 Å². The zero-order valence-corrected chi connectivity index (χ0v) is 16.8. The summed E-state index contributed by atoms with van der Waals surface area (Å²) in [7, 11) is 0. The maximum Gasteiger partial charge on any atom is 0.252 e. The van der Waals surface area contributed by atoms with E-state index < -0.39 is 0 Å². The Morgan fingerprint density at radius 3 is 2.69 bits per heavy atom. The number of amides is 1. The molecule has 6 heteroatoms. The molecule has 29 heavy (non-hydrogen) atoms. The number of hydrogen-bond acceptors (Lipinski definition) is 5. The molecule has 1 amide bonds. The van der Waals surface area contributed by atoms with Crippen molar-refractivity contribution in [3.63, 3.8) is 0 Å². The van der Waals surface area contributed by atoms with Crippen LogP contribution in [0.25, 0.3) is 0 Å². The van der Waals surface area contributed by atoms with Crippen molar-refractivity contribution in [1.29, 1.82) is 0 Å². The molecule has 5 rings (SSSR count). The molecule has 1 N–H and O–H groups in total. The van der Waals surface area contributed by atoms with Gasteiger partial charge in [-0.05, 0) is 56.7 Å². The molecule has 1 saturated heterocycles. The first-order chi connectivity index (χ1) is 14.1. The monoisotopic (exact) mass is 394 g/mol. The Labute approximate surface area is 170 Å². The molecule has 0 saturated carbocycles. The number of benzene rings is 1. The molecule has 1 atom stereocenters. The lowest BCUT2D eigenvalue weighted by Crippen LogP contribution is -2.42. The number of Topliss-reactive ketones (excluding diaryl/α,β-unsaturated/α-hetero) is 1. The standard InChI is InChI=1S/C23H26N2O4/c1-14-20(23(27)25-10-3-2-4-11-25)21(22-16(24-14)6-5-7-17(22)26)15-8-9-18-19(12-15)29-13-28-18/h8-9,12,21,24H,2-7,10-11,13H2,1H3/t21-/m0/s1. The molecule has 3 aliphatic heterocycles. The minimum absolute atomic E-state index is 0.0438. The van der Waals surface area contributed by atoms with Crippen LogP contribution in [0.1, 0.15) is 56.9 Å². The van der Waals surface area contributed by atoms with Crippen LogP contribution in [0.2, 0.25) is 0 Å². The number of ketones is 1. The number of dihydropyridines is 1. The third-order valence-corrected chi connectivity index (χ3v) is 6.38. The molecule has 1 aromatic rings. The molecular weight excluding hydrogens is 368 g/mol. The maximum absolute atomic E-state index is 13.6. The number of nitrogens with zero attached hydrogens (tertiary/aromatic N) is 1. The summed E-state index contributed by atoms with van der Waals surface area (Å²) in [5.74, 6) is 1.20. The van der Waals surface area contributed by atoms with Gasteiger partial charge in [0.05, 0.1) is 0 Å². The molecular formula is C23H26N2O4. The summed E-state index contributed by atoms with van der Waals surface area (Å²) in [6.07, 6.45) is 5.46. The molecule has 6 nitrogen and oxygen atoms in total. The highest BCUT2D eigenvalue weighted by atomic mass is 16.7. The van der Waals surface area contributed by atoms with Crippen molar-refractivity contribution in [2.45, 2.75) is 51.4 Å². The molecule has 0 aromatic heterocycles. The van der Waals surface area contributed by atoms with Gasteiger partial charge in [-0.1, -0.05) is 6.07 Å². The second kappa shape index (κ2) is 7.25. The van der Waals surface area contributed by atoms with Gasteiger partial charge in [0.1, 0.15) is 0 Å². The highest BCUT2D eigenvalue weighted by Crippen LogP contribution is 2.45. The van der Waals surface area contributed by atoms with Crippen molar-refractivity contribution in [3.05, 3.63) is 46.3 Å². The summed E-state index contributed by atoms with van der Waals surface area (Å²) in [6.45, 7) is 3.72. The summed E-state index contributed by atoms with van der Waals surface area (Å²) in [6, 6.07) is 5.78. The molecule has 0 unspecified atom stereocenters. The lowest BCUT2D eigenvalue weighted by molar-refractivity contribution is -0.128. The fraction of sp³-hybridized carbons (Fsp3) is 0.478. The first-order valence-corrected chi connectivity index (χ1v) is 10.6. The topological polar surface area (TPSA) is 67.9 Å². The van der Waals surface area contributed by atoms with E-state index in [0.717, 1.165) is 61.3 Å². The van der Waals surface area contributed by atoms with E-state index in [9.17, 15) is 9.59 Å². The van der Waals surface area contributed by atoms with Gasteiger partial charge in [-0.3, -0.25) is 9.59 Å². The smallest absolute Gasteiger partial charge is 0.252 e. The molecule has 4 aliphatic rings. The Bertz CT molecular complexity index is 940. The maximum atomic E-state index is 13.6. The molecule has 0 bridgehead atoms. The van der Waals surface area contributed by atoms with Gasteiger partial charge in [0.25, 0.3) is 5.91 Å². The highest BCUT2D eigenvalue weighted by Gasteiger charge is 2.40. The van der Waals surface area contributed by atoms with Gasteiger partial charge in [0.15, 0.2) is 17.3 Å². The summed E-state index contributed by atoms with van der Waals surface area (Å²) < 4.78 is 11.0. The van der Waals surface area contributed by atoms with Crippen molar-refractivity contribution in [3.8, 4) is 11.5 Å². The largest absolute Gasteiger partial charge is 0.454 e. The van der Waals surface area contributed by atoms with Crippen molar-refractivity contribution in [2.75, 3.05) is 19.9 Å². The quantitative estimate of drug-likeness (QED) is 0.833.